The van der Waals surface area contributed by atoms with Gasteiger partial charge in [-0.1, -0.05) is 0 Å². The number of carbonyl (C=O) groups is 2. The van der Waals surface area contributed by atoms with Crippen LogP contribution >= 0.6 is 0 Å². The first-order chi connectivity index (χ1) is 14.7. The average Bonchev–Trinajstić information content (AvgIpc) is 3.24. The molecule has 2 aromatic carbocycles. The van der Waals surface area contributed by atoms with Crippen molar-refractivity contribution in [1.82, 2.24) is 9.55 Å². The minimum absolute atomic E-state index is 0.168. The Labute approximate surface area is 178 Å². The molecule has 0 unspecified atom stereocenters. The van der Waals surface area contributed by atoms with Crippen molar-refractivity contribution in [2.75, 3.05) is 22.2 Å². The van der Waals surface area contributed by atoms with Crippen molar-refractivity contribution in [1.29, 1.82) is 0 Å². The Morgan fingerprint density at radius 1 is 1.10 bits per heavy atom. The summed E-state index contributed by atoms with van der Waals surface area (Å²) in [7, 11) is -1.48. The summed E-state index contributed by atoms with van der Waals surface area (Å²) < 4.78 is 24.9. The number of sulfone groups is 1. The van der Waals surface area contributed by atoms with Crippen LogP contribution in [0.5, 0.6) is 0 Å². The number of aryl methyl sites for hydroxylation is 1. The molecule has 1 aliphatic rings. The number of benzene rings is 2. The van der Waals surface area contributed by atoms with E-state index in [1.165, 1.54) is 24.3 Å². The van der Waals surface area contributed by atoms with Gasteiger partial charge in [0, 0.05) is 48.3 Å². The number of hydrogen-bond acceptors (Lipinski definition) is 5. The lowest BCUT2D eigenvalue weighted by Crippen LogP contribution is -2.19. The van der Waals surface area contributed by atoms with Crippen LogP contribution < -0.4 is 16.0 Å². The zero-order valence-electron chi connectivity index (χ0n) is 16.7. The molecular weight excluding hydrogens is 418 g/mol. The number of fused-ring (bicyclic) bond motifs is 1. The Morgan fingerprint density at radius 2 is 1.77 bits per heavy atom. The van der Waals surface area contributed by atoms with Gasteiger partial charge in [-0.25, -0.2) is 18.2 Å². The van der Waals surface area contributed by atoms with Crippen LogP contribution in [0.3, 0.4) is 0 Å². The van der Waals surface area contributed by atoms with Gasteiger partial charge in [0.25, 0.3) is 5.91 Å². The third-order valence-electron chi connectivity index (χ3n) is 4.73. The van der Waals surface area contributed by atoms with Crippen LogP contribution in [0.1, 0.15) is 11.4 Å². The molecule has 0 saturated heterocycles. The molecule has 4 rings (SSSR count). The fraction of sp³-hybridized carbons (Fsp3) is 0.0952. The summed E-state index contributed by atoms with van der Waals surface area (Å²) in [6.45, 7) is 0. The van der Waals surface area contributed by atoms with Crippen LogP contribution in [0.25, 0.3) is 11.6 Å². The molecule has 0 bridgehead atoms. The fourth-order valence-corrected chi connectivity index (χ4v) is 3.76. The maximum Gasteiger partial charge on any atom is 0.323 e. The van der Waals surface area contributed by atoms with Crippen molar-refractivity contribution in [2.45, 2.75) is 4.90 Å². The zero-order chi connectivity index (χ0) is 22.2. The molecule has 158 valence electrons. The molecule has 0 saturated carbocycles. The number of nitrogens with zero attached hydrogens (tertiary/aromatic N) is 2. The predicted molar refractivity (Wildman–Crippen MR) is 118 cm³/mol. The number of nitrogens with one attached hydrogen (secondary N) is 3. The minimum atomic E-state index is -3.31. The molecular formula is C21H19N5O4S. The first-order valence-electron chi connectivity index (χ1n) is 9.23. The largest absolute Gasteiger partial charge is 0.335 e. The highest BCUT2D eigenvalue weighted by Crippen LogP contribution is 2.35. The molecule has 1 aliphatic heterocycles. The van der Waals surface area contributed by atoms with Crippen molar-refractivity contribution in [3.63, 3.8) is 0 Å². The summed E-state index contributed by atoms with van der Waals surface area (Å²) in [6.07, 6.45) is 6.23. The maximum absolute atomic E-state index is 12.4. The predicted octanol–water partition coefficient (Wildman–Crippen LogP) is 2.96. The van der Waals surface area contributed by atoms with Gasteiger partial charge in [-0.3, -0.25) is 4.79 Å². The Morgan fingerprint density at radius 3 is 2.42 bits per heavy atom. The number of aromatic nitrogens is 2. The number of hydrogen-bond donors (Lipinski definition) is 3. The van der Waals surface area contributed by atoms with Gasteiger partial charge in [0.1, 0.15) is 5.82 Å². The maximum atomic E-state index is 12.4. The molecule has 10 heteroatoms. The van der Waals surface area contributed by atoms with Crippen LogP contribution in [0.4, 0.5) is 21.9 Å². The Kier molecular flexibility index (Phi) is 5.07. The molecule has 2 heterocycles. The van der Waals surface area contributed by atoms with Crippen molar-refractivity contribution in [2.24, 2.45) is 7.05 Å². The van der Waals surface area contributed by atoms with Crippen LogP contribution in [0, 0.1) is 0 Å². The van der Waals surface area contributed by atoms with Gasteiger partial charge < -0.3 is 20.5 Å². The Bertz CT molecular complexity index is 1320. The van der Waals surface area contributed by atoms with Gasteiger partial charge in [0.2, 0.25) is 0 Å². The highest BCUT2D eigenvalue weighted by atomic mass is 32.2. The lowest BCUT2D eigenvalue weighted by molar-refractivity contribution is -0.110. The van der Waals surface area contributed by atoms with Crippen molar-refractivity contribution >= 4 is 50.5 Å². The summed E-state index contributed by atoms with van der Waals surface area (Å²) in [5.41, 5.74) is 2.69. The lowest BCUT2D eigenvalue weighted by Gasteiger charge is -2.09. The van der Waals surface area contributed by atoms with Gasteiger partial charge in [-0.15, -0.1) is 0 Å². The molecule has 0 spiro atoms. The monoisotopic (exact) mass is 437 g/mol. The van der Waals surface area contributed by atoms with E-state index in [1.54, 1.807) is 41.2 Å². The zero-order valence-corrected chi connectivity index (χ0v) is 17.5. The molecule has 0 radical (unpaired) electrons. The van der Waals surface area contributed by atoms with Gasteiger partial charge in [0.05, 0.1) is 10.5 Å². The molecule has 3 aromatic rings. The topological polar surface area (TPSA) is 122 Å². The van der Waals surface area contributed by atoms with Crippen molar-refractivity contribution < 1.29 is 18.0 Å². The highest BCUT2D eigenvalue weighted by molar-refractivity contribution is 7.90. The van der Waals surface area contributed by atoms with E-state index in [9.17, 15) is 18.0 Å². The van der Waals surface area contributed by atoms with Crippen LogP contribution in [-0.2, 0) is 21.7 Å². The number of amides is 3. The highest BCUT2D eigenvalue weighted by Gasteiger charge is 2.25. The molecule has 9 nitrogen and oxygen atoms in total. The first-order valence-corrected chi connectivity index (χ1v) is 11.1. The summed E-state index contributed by atoms with van der Waals surface area (Å²) in [6, 6.07) is 10.5. The standard InChI is InChI=1S/C21H19N5O4S/c1-26-10-9-22-19(26)12-17-16-11-14(5-8-18(16)25-20(17)27)24-21(28)23-13-3-6-15(7-4-13)31(2,29)30/h3-12H,1-2H3,(H,25,27)(H2,23,24,28)/b17-12+. The van der Waals surface area contributed by atoms with E-state index in [1.807, 2.05) is 7.05 Å². The molecule has 1 aromatic heterocycles. The Balaban J connectivity index is 1.52. The normalized spacial score (nSPS) is 14.3. The fourth-order valence-electron chi connectivity index (χ4n) is 3.13. The average molecular weight is 437 g/mol. The van der Waals surface area contributed by atoms with Gasteiger partial charge in [0.15, 0.2) is 9.84 Å². The van der Waals surface area contributed by atoms with Crippen LogP contribution in [0.15, 0.2) is 59.8 Å². The number of urea groups is 1. The van der Waals surface area contributed by atoms with E-state index < -0.39 is 15.9 Å². The number of imidazole rings is 1. The van der Waals surface area contributed by atoms with Crippen molar-refractivity contribution in [3.8, 4) is 0 Å². The lowest BCUT2D eigenvalue weighted by atomic mass is 10.1. The van der Waals surface area contributed by atoms with Crippen molar-refractivity contribution in [3.05, 3.63) is 66.2 Å². The minimum Gasteiger partial charge on any atom is -0.335 e. The van der Waals surface area contributed by atoms with E-state index in [2.05, 4.69) is 20.9 Å². The van der Waals surface area contributed by atoms with E-state index >= 15 is 0 Å². The van der Waals surface area contributed by atoms with Gasteiger partial charge in [-0.05, 0) is 48.5 Å². The van der Waals surface area contributed by atoms with Gasteiger partial charge >= 0.3 is 6.03 Å². The molecule has 0 atom stereocenters. The van der Waals surface area contributed by atoms with E-state index in [0.717, 1.165) is 6.26 Å². The SMILES string of the molecule is Cn1ccnc1/C=C1/C(=O)Nc2ccc(NC(=O)Nc3ccc(S(C)(=O)=O)cc3)cc21. The summed E-state index contributed by atoms with van der Waals surface area (Å²) in [5.74, 6) is 0.386. The third kappa shape index (κ3) is 4.33. The number of anilines is 3. The van der Waals surface area contributed by atoms with E-state index in [0.29, 0.717) is 34.0 Å². The molecule has 0 fully saturated rings. The summed E-state index contributed by atoms with van der Waals surface area (Å²) in [5, 5.41) is 8.16. The van der Waals surface area contributed by atoms with Crippen LogP contribution in [0.2, 0.25) is 0 Å². The second-order valence-electron chi connectivity index (χ2n) is 7.04. The summed E-state index contributed by atoms with van der Waals surface area (Å²) in [4.78, 5) is 29.1. The molecule has 3 N–H and O–H groups in total. The quantitative estimate of drug-likeness (QED) is 0.542. The second-order valence-corrected chi connectivity index (χ2v) is 9.06. The first kappa shape index (κ1) is 20.4. The van der Waals surface area contributed by atoms with E-state index in [-0.39, 0.29) is 10.8 Å². The third-order valence-corrected chi connectivity index (χ3v) is 5.86. The molecule has 3 amide bonds. The van der Waals surface area contributed by atoms with E-state index in [4.69, 9.17) is 0 Å². The molecule has 31 heavy (non-hydrogen) atoms. The molecule has 0 aliphatic carbocycles. The number of rotatable bonds is 4. The smallest absolute Gasteiger partial charge is 0.323 e. The summed E-state index contributed by atoms with van der Waals surface area (Å²) >= 11 is 0. The number of carbonyl (C=O) groups excluding carboxylic acids is 2. The van der Waals surface area contributed by atoms with Crippen LogP contribution in [-0.4, -0.2) is 36.2 Å². The second kappa shape index (κ2) is 7.73. The Hall–Kier alpha value is -3.92. The van der Waals surface area contributed by atoms with Gasteiger partial charge in [-0.2, -0.15) is 0 Å².